The molecule has 0 atom stereocenters. The molecule has 0 fully saturated rings. The summed E-state index contributed by atoms with van der Waals surface area (Å²) in [4.78, 5) is 23.0. The SMILES string of the molecule is CCCC[N+](C)(CCCC)CCCC.CCCC[N+](C)(CCCC)CCCC.O=C([O-])c1ccc(SSc2ccc(C(=O)[O-])cc2)cc1. The van der Waals surface area contributed by atoms with Gasteiger partial charge >= 0.3 is 0 Å². The van der Waals surface area contributed by atoms with Crippen LogP contribution >= 0.6 is 21.6 Å². The number of carboxylic acids is 2. The van der Waals surface area contributed by atoms with Gasteiger partial charge in [0.25, 0.3) is 0 Å². The number of unbranched alkanes of at least 4 members (excludes halogenated alkanes) is 6. The molecular weight excluding hydrogens is 637 g/mol. The van der Waals surface area contributed by atoms with Crippen LogP contribution in [0.25, 0.3) is 0 Å². The first-order valence-corrected chi connectivity index (χ1v) is 20.7. The Labute approximate surface area is 302 Å². The van der Waals surface area contributed by atoms with Crippen LogP contribution in [0.5, 0.6) is 0 Å². The van der Waals surface area contributed by atoms with Crippen LogP contribution in [0.4, 0.5) is 0 Å². The van der Waals surface area contributed by atoms with Crippen molar-refractivity contribution in [3.63, 3.8) is 0 Å². The highest BCUT2D eigenvalue weighted by molar-refractivity contribution is 8.76. The van der Waals surface area contributed by atoms with Crippen LogP contribution in [0, 0.1) is 0 Å². The van der Waals surface area contributed by atoms with E-state index < -0.39 is 11.9 Å². The summed E-state index contributed by atoms with van der Waals surface area (Å²) in [7, 11) is 7.79. The molecule has 0 amide bonds. The van der Waals surface area contributed by atoms with Crippen molar-refractivity contribution in [1.82, 2.24) is 0 Å². The predicted molar refractivity (Wildman–Crippen MR) is 204 cm³/mol. The Kier molecular flexibility index (Phi) is 26.6. The van der Waals surface area contributed by atoms with Crippen molar-refractivity contribution in [2.45, 2.75) is 128 Å². The lowest BCUT2D eigenvalue weighted by molar-refractivity contribution is -0.910. The number of carboxylic acid groups (broad SMARTS) is 2. The molecule has 8 heteroatoms. The summed E-state index contributed by atoms with van der Waals surface area (Å²) in [5, 5.41) is 21.2. The minimum Gasteiger partial charge on any atom is -0.545 e. The zero-order chi connectivity index (χ0) is 36.3. The van der Waals surface area contributed by atoms with Crippen molar-refractivity contribution in [2.75, 3.05) is 53.4 Å². The Bertz CT molecular complexity index is 962. The second kappa shape index (κ2) is 27.8. The molecule has 0 aliphatic carbocycles. The van der Waals surface area contributed by atoms with E-state index in [0.717, 1.165) is 9.79 Å². The van der Waals surface area contributed by atoms with Gasteiger partial charge in [-0.1, -0.05) is 126 Å². The van der Waals surface area contributed by atoms with E-state index in [1.807, 2.05) is 0 Å². The molecule has 0 bridgehead atoms. The monoisotopic (exact) mass is 704 g/mol. The van der Waals surface area contributed by atoms with Gasteiger partial charge in [0.1, 0.15) is 0 Å². The largest absolute Gasteiger partial charge is 0.545 e. The lowest BCUT2D eigenvalue weighted by atomic mass is 10.2. The Morgan fingerprint density at radius 1 is 0.458 bits per heavy atom. The predicted octanol–water partition coefficient (Wildman–Crippen LogP) is 8.88. The maximum Gasteiger partial charge on any atom is 0.0784 e. The minimum absolute atomic E-state index is 0.137. The minimum atomic E-state index is -1.20. The number of carbonyl (C=O) groups is 2. The number of hydrogen-bond acceptors (Lipinski definition) is 6. The smallest absolute Gasteiger partial charge is 0.0784 e. The third kappa shape index (κ3) is 21.9. The van der Waals surface area contributed by atoms with Crippen LogP contribution in [0.3, 0.4) is 0 Å². The summed E-state index contributed by atoms with van der Waals surface area (Å²) in [6.07, 6.45) is 16.4. The number of quaternary nitrogens is 2. The van der Waals surface area contributed by atoms with Crippen LogP contribution in [0.15, 0.2) is 58.3 Å². The fraction of sp³-hybridized carbons (Fsp3) is 0.650. The van der Waals surface area contributed by atoms with E-state index in [1.54, 1.807) is 24.3 Å². The van der Waals surface area contributed by atoms with Gasteiger partial charge in [-0.05, 0) is 73.9 Å². The molecule has 0 heterocycles. The second-order valence-electron chi connectivity index (χ2n) is 13.5. The summed E-state index contributed by atoms with van der Waals surface area (Å²) in [5.41, 5.74) is 0.273. The molecule has 0 aliphatic heterocycles. The average molecular weight is 705 g/mol. The number of hydrogen-bond donors (Lipinski definition) is 0. The summed E-state index contributed by atoms with van der Waals surface area (Å²) in [5.74, 6) is -2.40. The molecule has 48 heavy (non-hydrogen) atoms. The lowest BCUT2D eigenvalue weighted by Crippen LogP contribution is -2.46. The molecular formula is C40H68N2O4S2. The molecule has 2 rings (SSSR count). The first kappa shape index (κ1) is 46.0. The second-order valence-corrected chi connectivity index (χ2v) is 15.8. The van der Waals surface area contributed by atoms with Gasteiger partial charge in [-0.25, -0.2) is 0 Å². The Hall–Kier alpha value is -2.00. The summed E-state index contributed by atoms with van der Waals surface area (Å²) < 4.78 is 2.63. The molecule has 6 nitrogen and oxygen atoms in total. The highest BCUT2D eigenvalue weighted by Crippen LogP contribution is 2.37. The fourth-order valence-corrected chi connectivity index (χ4v) is 7.23. The number of nitrogens with zero attached hydrogens (tertiary/aromatic N) is 2. The van der Waals surface area contributed by atoms with Crippen LogP contribution in [-0.4, -0.2) is 74.3 Å². The maximum atomic E-state index is 10.6. The van der Waals surface area contributed by atoms with Crippen molar-refractivity contribution in [2.24, 2.45) is 0 Å². The van der Waals surface area contributed by atoms with Gasteiger partial charge in [-0.3, -0.25) is 0 Å². The van der Waals surface area contributed by atoms with E-state index in [0.29, 0.717) is 0 Å². The Balaban J connectivity index is 0.000000712. The van der Waals surface area contributed by atoms with E-state index in [2.05, 4.69) is 55.6 Å². The van der Waals surface area contributed by atoms with Gasteiger partial charge in [0, 0.05) is 9.79 Å². The summed E-state index contributed by atoms with van der Waals surface area (Å²) >= 11 is 0. The van der Waals surface area contributed by atoms with Crippen molar-refractivity contribution in [1.29, 1.82) is 0 Å². The van der Waals surface area contributed by atoms with Crippen LogP contribution in [0.2, 0.25) is 0 Å². The molecule has 0 aliphatic rings. The van der Waals surface area contributed by atoms with Crippen molar-refractivity contribution in [3.05, 3.63) is 59.7 Å². The van der Waals surface area contributed by atoms with Gasteiger partial charge in [-0.15, -0.1) is 0 Å². The number of rotatable bonds is 23. The molecule has 274 valence electrons. The van der Waals surface area contributed by atoms with E-state index in [9.17, 15) is 19.8 Å². The normalized spacial score (nSPS) is 11.2. The molecule has 0 N–H and O–H groups in total. The maximum absolute atomic E-state index is 10.6. The quantitative estimate of drug-likeness (QED) is 0.0850. The third-order valence-electron chi connectivity index (χ3n) is 8.72. The third-order valence-corrected chi connectivity index (χ3v) is 11.1. The van der Waals surface area contributed by atoms with E-state index in [1.165, 1.54) is 171 Å². The lowest BCUT2D eigenvalue weighted by Gasteiger charge is -2.34. The van der Waals surface area contributed by atoms with Gasteiger partial charge in [0.15, 0.2) is 0 Å². The Morgan fingerprint density at radius 2 is 0.667 bits per heavy atom. The zero-order valence-corrected chi connectivity index (χ0v) is 33.3. The first-order valence-electron chi connectivity index (χ1n) is 18.6. The molecule has 0 saturated heterocycles. The van der Waals surface area contributed by atoms with E-state index in [-0.39, 0.29) is 11.1 Å². The zero-order valence-electron chi connectivity index (χ0n) is 31.7. The summed E-state index contributed by atoms with van der Waals surface area (Å²) in [6, 6.07) is 12.7. The first-order chi connectivity index (χ1) is 22.9. The van der Waals surface area contributed by atoms with E-state index in [4.69, 9.17) is 0 Å². The topological polar surface area (TPSA) is 80.3 Å². The van der Waals surface area contributed by atoms with Crippen LogP contribution < -0.4 is 10.2 Å². The highest BCUT2D eigenvalue weighted by atomic mass is 33.1. The highest BCUT2D eigenvalue weighted by Gasteiger charge is 2.19. The van der Waals surface area contributed by atoms with Gasteiger partial charge < -0.3 is 28.8 Å². The molecule has 0 radical (unpaired) electrons. The fourth-order valence-electron chi connectivity index (χ4n) is 5.30. The number of carbonyl (C=O) groups excluding carboxylic acids is 2. The number of benzene rings is 2. The molecule has 0 unspecified atom stereocenters. The standard InChI is InChI=1S/C14H10O4S2.2C13H30N/c15-13(16)9-1-5-11(6-2-9)19-20-12-7-3-10(4-8-12)14(17)18;2*1-5-8-11-14(4,12-9-6-2)13-10-7-3/h1-8H,(H,15,16)(H,17,18);2*5-13H2,1-4H3/q;2*+1/p-2. The molecule has 2 aromatic carbocycles. The molecule has 0 spiro atoms. The van der Waals surface area contributed by atoms with Crippen molar-refractivity contribution in [3.8, 4) is 0 Å². The molecule has 2 aromatic rings. The van der Waals surface area contributed by atoms with Gasteiger partial charge in [0.2, 0.25) is 0 Å². The van der Waals surface area contributed by atoms with Crippen LogP contribution in [-0.2, 0) is 0 Å². The van der Waals surface area contributed by atoms with Crippen LogP contribution in [0.1, 0.15) is 139 Å². The van der Waals surface area contributed by atoms with E-state index >= 15 is 0 Å². The van der Waals surface area contributed by atoms with Gasteiger partial charge in [0.05, 0.1) is 65.3 Å². The van der Waals surface area contributed by atoms with Crippen molar-refractivity contribution >= 4 is 33.5 Å². The average Bonchev–Trinajstić information content (AvgIpc) is 3.10. The van der Waals surface area contributed by atoms with Gasteiger partial charge in [-0.2, -0.15) is 0 Å². The van der Waals surface area contributed by atoms with Crippen molar-refractivity contribution < 1.29 is 28.8 Å². The summed E-state index contributed by atoms with van der Waals surface area (Å²) in [6.45, 7) is 22.1. The molecule has 0 aromatic heterocycles. The Morgan fingerprint density at radius 3 is 0.833 bits per heavy atom. The number of aromatic carboxylic acids is 2. The molecule has 0 saturated carbocycles.